The van der Waals surface area contributed by atoms with Gasteiger partial charge in [-0.25, -0.2) is 4.79 Å². The maximum absolute atomic E-state index is 10.6. The molecule has 0 unspecified atom stereocenters. The average molecular weight is 224 g/mol. The summed E-state index contributed by atoms with van der Waals surface area (Å²) in [6.45, 7) is -1.11. The number of aliphatic carboxylic acids is 1. The first-order valence-corrected chi connectivity index (χ1v) is 4.10. The summed E-state index contributed by atoms with van der Waals surface area (Å²) < 4.78 is 4.35. The van der Waals surface area contributed by atoms with Gasteiger partial charge < -0.3 is 35.4 Å². The van der Waals surface area contributed by atoms with Crippen molar-refractivity contribution in [1.29, 1.82) is 0 Å². The van der Waals surface area contributed by atoms with E-state index in [1.807, 2.05) is 0 Å². The van der Waals surface area contributed by atoms with Gasteiger partial charge in [-0.1, -0.05) is 0 Å². The topological polar surface area (TPSA) is 148 Å². The summed E-state index contributed by atoms with van der Waals surface area (Å²) in [5.74, 6) is -1.62. The molecule has 0 amide bonds. The van der Waals surface area contributed by atoms with Gasteiger partial charge in [-0.2, -0.15) is 0 Å². The van der Waals surface area contributed by atoms with Crippen LogP contribution in [0.15, 0.2) is 0 Å². The standard InChI is InChI=1S/C7H12O8/c8-1-7(14)3(9)2(5(11)12)15-6(13)4(7)10/h2-4,6,8-10,13-14H,1H2,(H,11,12)/t2-,3+,4-,6+,7-/m0/s1. The number of carbonyl (C=O) groups is 1. The van der Waals surface area contributed by atoms with Crippen LogP contribution in [0.5, 0.6) is 0 Å². The Balaban J connectivity index is 2.99. The summed E-state index contributed by atoms with van der Waals surface area (Å²) in [4.78, 5) is 10.6. The molecule has 6 N–H and O–H groups in total. The van der Waals surface area contributed by atoms with E-state index in [0.717, 1.165) is 0 Å². The van der Waals surface area contributed by atoms with Gasteiger partial charge in [0.15, 0.2) is 12.4 Å². The number of hydrogen-bond donors (Lipinski definition) is 6. The van der Waals surface area contributed by atoms with Gasteiger partial charge in [0, 0.05) is 0 Å². The van der Waals surface area contributed by atoms with Crippen molar-refractivity contribution in [3.05, 3.63) is 0 Å². The van der Waals surface area contributed by atoms with Crippen LogP contribution in [0.25, 0.3) is 0 Å². The second kappa shape index (κ2) is 4.00. The van der Waals surface area contributed by atoms with Gasteiger partial charge in [0.1, 0.15) is 17.8 Å². The lowest BCUT2D eigenvalue weighted by Gasteiger charge is -2.44. The van der Waals surface area contributed by atoms with Gasteiger partial charge in [-0.05, 0) is 0 Å². The first-order valence-electron chi connectivity index (χ1n) is 4.10. The van der Waals surface area contributed by atoms with E-state index in [-0.39, 0.29) is 0 Å². The van der Waals surface area contributed by atoms with E-state index in [1.54, 1.807) is 0 Å². The van der Waals surface area contributed by atoms with Crippen LogP contribution in [0.1, 0.15) is 0 Å². The number of carboxylic acid groups (broad SMARTS) is 1. The number of hydrogen-bond acceptors (Lipinski definition) is 7. The van der Waals surface area contributed by atoms with Crippen molar-refractivity contribution in [2.75, 3.05) is 6.61 Å². The number of rotatable bonds is 2. The minimum atomic E-state index is -2.53. The van der Waals surface area contributed by atoms with Gasteiger partial charge in [0.2, 0.25) is 0 Å². The van der Waals surface area contributed by atoms with Crippen molar-refractivity contribution in [2.24, 2.45) is 0 Å². The van der Waals surface area contributed by atoms with Crippen molar-refractivity contribution in [3.8, 4) is 0 Å². The third-order valence-corrected chi connectivity index (χ3v) is 2.36. The van der Waals surface area contributed by atoms with Crippen molar-refractivity contribution < 1.29 is 40.2 Å². The molecule has 0 aromatic carbocycles. The van der Waals surface area contributed by atoms with Crippen LogP contribution in [-0.4, -0.2) is 73.4 Å². The molecule has 1 aliphatic rings. The molecule has 0 aliphatic carbocycles. The van der Waals surface area contributed by atoms with E-state index < -0.39 is 42.8 Å². The van der Waals surface area contributed by atoms with Crippen LogP contribution in [0.4, 0.5) is 0 Å². The maximum Gasteiger partial charge on any atom is 0.335 e. The fourth-order valence-electron chi connectivity index (χ4n) is 1.36. The Bertz CT molecular complexity index is 255. The lowest BCUT2D eigenvalue weighted by molar-refractivity contribution is -0.319. The summed E-state index contributed by atoms with van der Waals surface area (Å²) in [6.07, 6.45) is -7.95. The molecule has 1 saturated heterocycles. The molecule has 8 nitrogen and oxygen atoms in total. The smallest absolute Gasteiger partial charge is 0.335 e. The lowest BCUT2D eigenvalue weighted by Crippen LogP contribution is -2.69. The molecular weight excluding hydrogens is 212 g/mol. The Morgan fingerprint density at radius 1 is 1.27 bits per heavy atom. The first kappa shape index (κ1) is 12.3. The van der Waals surface area contributed by atoms with Crippen molar-refractivity contribution in [1.82, 2.24) is 0 Å². The summed E-state index contributed by atoms with van der Waals surface area (Å²) in [5.41, 5.74) is -2.53. The fraction of sp³-hybridized carbons (Fsp3) is 0.857. The van der Waals surface area contributed by atoms with E-state index in [2.05, 4.69) is 4.74 Å². The van der Waals surface area contributed by atoms with Crippen LogP contribution >= 0.6 is 0 Å². The molecule has 0 bridgehead atoms. The van der Waals surface area contributed by atoms with Crippen LogP contribution in [0, 0.1) is 0 Å². The zero-order chi connectivity index (χ0) is 11.8. The zero-order valence-electron chi connectivity index (χ0n) is 7.52. The largest absolute Gasteiger partial charge is 0.479 e. The minimum absolute atomic E-state index is 1.11. The fourth-order valence-corrected chi connectivity index (χ4v) is 1.36. The number of aliphatic hydroxyl groups excluding tert-OH is 4. The first-order chi connectivity index (χ1) is 6.84. The highest BCUT2D eigenvalue weighted by atomic mass is 16.6. The van der Waals surface area contributed by atoms with E-state index in [0.29, 0.717) is 0 Å². The SMILES string of the molecule is O=C(O)[C@H]1O[C@@H](O)[C@H](O)[C@](O)(CO)[C@@H]1O. The molecule has 0 aromatic rings. The molecule has 1 heterocycles. The van der Waals surface area contributed by atoms with E-state index in [9.17, 15) is 20.1 Å². The highest BCUT2D eigenvalue weighted by Gasteiger charge is 2.56. The van der Waals surface area contributed by atoms with Gasteiger partial charge in [0.05, 0.1) is 6.61 Å². The van der Waals surface area contributed by atoms with E-state index >= 15 is 0 Å². The Morgan fingerprint density at radius 3 is 2.20 bits per heavy atom. The number of aliphatic hydroxyl groups is 5. The molecule has 88 valence electrons. The molecule has 1 rings (SSSR count). The average Bonchev–Trinajstić information content (AvgIpc) is 2.20. The molecule has 0 spiro atoms. The van der Waals surface area contributed by atoms with Crippen LogP contribution in [0.3, 0.4) is 0 Å². The molecule has 0 aromatic heterocycles. The molecule has 1 fully saturated rings. The maximum atomic E-state index is 10.6. The van der Waals surface area contributed by atoms with Crippen molar-refractivity contribution >= 4 is 5.97 Å². The summed E-state index contributed by atoms with van der Waals surface area (Å²) in [7, 11) is 0. The second-order valence-electron chi connectivity index (χ2n) is 3.32. The predicted molar refractivity (Wildman–Crippen MR) is 42.6 cm³/mol. The molecular formula is C7H12O8. The molecule has 8 heteroatoms. The highest BCUT2D eigenvalue weighted by Crippen LogP contribution is 2.28. The van der Waals surface area contributed by atoms with Gasteiger partial charge >= 0.3 is 5.97 Å². The molecule has 0 radical (unpaired) electrons. The number of carboxylic acids is 1. The Hall–Kier alpha value is -0.770. The summed E-state index contributed by atoms with van der Waals surface area (Å²) >= 11 is 0. The van der Waals surface area contributed by atoms with Crippen LogP contribution < -0.4 is 0 Å². The number of ether oxygens (including phenoxy) is 1. The lowest BCUT2D eigenvalue weighted by atomic mass is 9.84. The molecule has 15 heavy (non-hydrogen) atoms. The third-order valence-electron chi connectivity index (χ3n) is 2.36. The molecule has 0 saturated carbocycles. The van der Waals surface area contributed by atoms with Crippen LogP contribution in [0.2, 0.25) is 0 Å². The summed E-state index contributed by atoms with van der Waals surface area (Å²) in [5, 5.41) is 54.6. The van der Waals surface area contributed by atoms with Crippen LogP contribution in [-0.2, 0) is 9.53 Å². The highest BCUT2D eigenvalue weighted by molar-refractivity contribution is 5.73. The quantitative estimate of drug-likeness (QED) is 0.280. The van der Waals surface area contributed by atoms with E-state index in [1.165, 1.54) is 0 Å². The van der Waals surface area contributed by atoms with E-state index in [4.69, 9.17) is 15.3 Å². The summed E-state index contributed by atoms with van der Waals surface area (Å²) in [6, 6.07) is 0. The van der Waals surface area contributed by atoms with Crippen molar-refractivity contribution in [2.45, 2.75) is 30.2 Å². The monoisotopic (exact) mass is 224 g/mol. The Kier molecular flexibility index (Phi) is 3.28. The van der Waals surface area contributed by atoms with Gasteiger partial charge in [-0.3, -0.25) is 0 Å². The Morgan fingerprint density at radius 2 is 1.80 bits per heavy atom. The second-order valence-corrected chi connectivity index (χ2v) is 3.32. The van der Waals surface area contributed by atoms with Gasteiger partial charge in [-0.15, -0.1) is 0 Å². The minimum Gasteiger partial charge on any atom is -0.479 e. The molecule has 5 atom stereocenters. The normalized spacial score (nSPS) is 46.5. The third kappa shape index (κ3) is 1.83. The van der Waals surface area contributed by atoms with Crippen molar-refractivity contribution in [3.63, 3.8) is 0 Å². The Labute approximate surface area is 84.0 Å². The predicted octanol–water partition coefficient (Wildman–Crippen LogP) is -3.77. The van der Waals surface area contributed by atoms with Gasteiger partial charge in [0.25, 0.3) is 0 Å². The molecule has 1 aliphatic heterocycles. The zero-order valence-corrected chi connectivity index (χ0v) is 7.52.